The van der Waals surface area contributed by atoms with Gasteiger partial charge in [-0.3, -0.25) is 9.69 Å². The van der Waals surface area contributed by atoms with Crippen molar-refractivity contribution < 1.29 is 4.79 Å². The third-order valence-electron chi connectivity index (χ3n) is 5.49. The van der Waals surface area contributed by atoms with Crippen molar-refractivity contribution in [1.82, 2.24) is 30.0 Å². The molecule has 8 nitrogen and oxygen atoms in total. The largest absolute Gasteiger partial charge is 0.358 e. The summed E-state index contributed by atoms with van der Waals surface area (Å²) in [5.41, 5.74) is 0.826. The zero-order valence-corrected chi connectivity index (χ0v) is 15.6. The lowest BCUT2D eigenvalue weighted by molar-refractivity contribution is -0.122. The fourth-order valence-corrected chi connectivity index (χ4v) is 3.69. The summed E-state index contributed by atoms with van der Waals surface area (Å²) >= 11 is 0. The van der Waals surface area contributed by atoms with Crippen LogP contribution in [0.4, 0.5) is 5.82 Å². The Labute approximate surface area is 153 Å². The second-order valence-electron chi connectivity index (χ2n) is 7.57. The molecule has 1 N–H and O–H groups in total. The molecule has 0 aromatic carbocycles. The van der Waals surface area contributed by atoms with E-state index in [9.17, 15) is 4.79 Å². The Morgan fingerprint density at radius 2 is 2.00 bits per heavy atom. The lowest BCUT2D eigenvalue weighted by Gasteiger charge is -2.33. The number of likely N-dealkylation sites (tertiary alicyclic amines) is 1. The van der Waals surface area contributed by atoms with E-state index in [1.807, 2.05) is 16.6 Å². The van der Waals surface area contributed by atoms with Gasteiger partial charge in [-0.2, -0.15) is 4.52 Å². The number of fused-ring (bicyclic) bond motifs is 1. The van der Waals surface area contributed by atoms with Crippen LogP contribution < -0.4 is 10.2 Å². The summed E-state index contributed by atoms with van der Waals surface area (Å²) < 4.78 is 1.91. The number of aromatic nitrogens is 4. The van der Waals surface area contributed by atoms with Crippen LogP contribution >= 0.6 is 0 Å². The van der Waals surface area contributed by atoms with Gasteiger partial charge in [0.05, 0.1) is 6.54 Å². The van der Waals surface area contributed by atoms with Gasteiger partial charge in [-0.05, 0) is 56.8 Å². The second-order valence-corrected chi connectivity index (χ2v) is 7.57. The van der Waals surface area contributed by atoms with E-state index in [2.05, 4.69) is 32.4 Å². The Bertz CT molecular complexity index is 777. The number of nitrogens with zero attached hydrogens (tertiary/aromatic N) is 6. The van der Waals surface area contributed by atoms with Crippen LogP contribution in [-0.4, -0.2) is 70.9 Å². The zero-order valence-electron chi connectivity index (χ0n) is 15.6. The molecular formula is C18H27N7O. The van der Waals surface area contributed by atoms with Crippen LogP contribution in [0.2, 0.25) is 0 Å². The minimum Gasteiger partial charge on any atom is -0.358 e. The van der Waals surface area contributed by atoms with E-state index in [-0.39, 0.29) is 5.91 Å². The first-order valence-corrected chi connectivity index (χ1v) is 9.50. The first-order valence-electron chi connectivity index (χ1n) is 9.50. The molecular weight excluding hydrogens is 330 g/mol. The Kier molecular flexibility index (Phi) is 4.76. The van der Waals surface area contributed by atoms with Gasteiger partial charge in [-0.25, -0.2) is 0 Å². The molecule has 140 valence electrons. The van der Waals surface area contributed by atoms with Crippen molar-refractivity contribution in [1.29, 1.82) is 0 Å². The van der Waals surface area contributed by atoms with Crippen molar-refractivity contribution in [2.24, 2.45) is 5.92 Å². The standard InChI is InChI=1S/C18H27N7O/c1-19-17(26)12-24-9-7-13(8-10-24)11-23(2)16-6-5-15-20-21-18(14-3-4-14)25(15)22-16/h5-6,13-14H,3-4,7-12H2,1-2H3,(H,19,26). The molecule has 0 radical (unpaired) electrons. The predicted octanol–water partition coefficient (Wildman–Crippen LogP) is 0.896. The van der Waals surface area contributed by atoms with Crippen LogP contribution in [0.3, 0.4) is 0 Å². The van der Waals surface area contributed by atoms with Gasteiger partial charge in [0.25, 0.3) is 0 Å². The number of likely N-dealkylation sites (N-methyl/N-ethyl adjacent to an activating group) is 1. The highest BCUT2D eigenvalue weighted by atomic mass is 16.1. The fraction of sp³-hybridized carbons (Fsp3) is 0.667. The number of hydrogen-bond donors (Lipinski definition) is 1. The van der Waals surface area contributed by atoms with Crippen LogP contribution in [0.5, 0.6) is 0 Å². The second kappa shape index (κ2) is 7.19. The quantitative estimate of drug-likeness (QED) is 0.827. The van der Waals surface area contributed by atoms with Crippen LogP contribution in [0.1, 0.15) is 37.4 Å². The SMILES string of the molecule is CNC(=O)CN1CCC(CN(C)c2ccc3nnc(C4CC4)n3n2)CC1. The van der Waals surface area contributed by atoms with Crippen LogP contribution in [0, 0.1) is 5.92 Å². The van der Waals surface area contributed by atoms with E-state index < -0.39 is 0 Å². The summed E-state index contributed by atoms with van der Waals surface area (Å²) in [7, 11) is 3.80. The summed E-state index contributed by atoms with van der Waals surface area (Å²) in [5, 5.41) is 16.0. The average molecular weight is 357 g/mol. The van der Waals surface area contributed by atoms with E-state index >= 15 is 0 Å². The summed E-state index contributed by atoms with van der Waals surface area (Å²) in [4.78, 5) is 16.0. The molecule has 0 unspecified atom stereocenters. The molecule has 0 spiro atoms. The van der Waals surface area contributed by atoms with E-state index in [1.165, 1.54) is 12.8 Å². The van der Waals surface area contributed by atoms with Crippen molar-refractivity contribution >= 4 is 17.4 Å². The molecule has 2 fully saturated rings. The molecule has 2 aromatic heterocycles. The number of nitrogens with one attached hydrogen (secondary N) is 1. The number of carbonyl (C=O) groups excluding carboxylic acids is 1. The average Bonchev–Trinajstić information content (AvgIpc) is 3.42. The molecule has 1 saturated heterocycles. The summed E-state index contributed by atoms with van der Waals surface area (Å²) in [6, 6.07) is 4.03. The van der Waals surface area contributed by atoms with Gasteiger partial charge in [-0.1, -0.05) is 0 Å². The monoisotopic (exact) mass is 357 g/mol. The molecule has 2 aromatic rings. The Morgan fingerprint density at radius 1 is 1.23 bits per heavy atom. The van der Waals surface area contributed by atoms with Crippen LogP contribution in [-0.2, 0) is 4.79 Å². The molecule has 1 aliphatic heterocycles. The number of amides is 1. The van der Waals surface area contributed by atoms with Gasteiger partial charge < -0.3 is 10.2 Å². The van der Waals surface area contributed by atoms with Crippen LogP contribution in [0.25, 0.3) is 5.65 Å². The van der Waals surface area contributed by atoms with E-state index in [4.69, 9.17) is 5.10 Å². The molecule has 0 atom stereocenters. The zero-order chi connectivity index (χ0) is 18.1. The Hall–Kier alpha value is -2.22. The van der Waals surface area contributed by atoms with Crippen LogP contribution in [0.15, 0.2) is 12.1 Å². The van der Waals surface area contributed by atoms with Gasteiger partial charge in [0.15, 0.2) is 11.5 Å². The van der Waals surface area contributed by atoms with Crippen molar-refractivity contribution in [3.63, 3.8) is 0 Å². The normalized spacial score (nSPS) is 19.0. The number of piperidine rings is 1. The van der Waals surface area contributed by atoms with Gasteiger partial charge in [-0.15, -0.1) is 15.3 Å². The first-order chi connectivity index (χ1) is 12.6. The molecule has 1 aliphatic carbocycles. The number of rotatable bonds is 6. The summed E-state index contributed by atoms with van der Waals surface area (Å²) in [5.74, 6) is 3.22. The van der Waals surface area contributed by atoms with E-state index in [0.717, 1.165) is 49.8 Å². The maximum absolute atomic E-state index is 11.5. The molecule has 26 heavy (non-hydrogen) atoms. The van der Waals surface area contributed by atoms with Gasteiger partial charge in [0.2, 0.25) is 5.91 Å². The first kappa shape index (κ1) is 17.2. The summed E-state index contributed by atoms with van der Waals surface area (Å²) in [6.45, 7) is 3.45. The molecule has 1 amide bonds. The third-order valence-corrected chi connectivity index (χ3v) is 5.49. The Balaban J connectivity index is 1.36. The highest BCUT2D eigenvalue weighted by molar-refractivity contribution is 5.77. The molecule has 3 heterocycles. The minimum atomic E-state index is 0.0958. The molecule has 2 aliphatic rings. The highest BCUT2D eigenvalue weighted by Gasteiger charge is 2.29. The molecule has 1 saturated carbocycles. The number of anilines is 1. The number of carbonyl (C=O) groups is 1. The molecule has 0 bridgehead atoms. The predicted molar refractivity (Wildman–Crippen MR) is 99.3 cm³/mol. The smallest absolute Gasteiger partial charge is 0.233 e. The van der Waals surface area contributed by atoms with Crippen molar-refractivity contribution in [3.8, 4) is 0 Å². The van der Waals surface area contributed by atoms with Gasteiger partial charge in [0.1, 0.15) is 5.82 Å². The van der Waals surface area contributed by atoms with Gasteiger partial charge in [0, 0.05) is 26.6 Å². The van der Waals surface area contributed by atoms with Crippen molar-refractivity contribution in [3.05, 3.63) is 18.0 Å². The molecule has 4 rings (SSSR count). The van der Waals surface area contributed by atoms with Crippen molar-refractivity contribution in [2.45, 2.75) is 31.6 Å². The maximum atomic E-state index is 11.5. The lowest BCUT2D eigenvalue weighted by atomic mass is 9.96. The van der Waals surface area contributed by atoms with Crippen molar-refractivity contribution in [2.75, 3.05) is 45.2 Å². The molecule has 8 heteroatoms. The number of hydrogen-bond acceptors (Lipinski definition) is 6. The van der Waals surface area contributed by atoms with E-state index in [1.54, 1.807) is 7.05 Å². The maximum Gasteiger partial charge on any atom is 0.233 e. The fourth-order valence-electron chi connectivity index (χ4n) is 3.69. The topological polar surface area (TPSA) is 78.7 Å². The summed E-state index contributed by atoms with van der Waals surface area (Å²) in [6.07, 6.45) is 4.61. The third kappa shape index (κ3) is 3.65. The lowest BCUT2D eigenvalue weighted by Crippen LogP contribution is -2.42. The minimum absolute atomic E-state index is 0.0958. The highest BCUT2D eigenvalue weighted by Crippen LogP contribution is 2.38. The van der Waals surface area contributed by atoms with Gasteiger partial charge >= 0.3 is 0 Å². The Morgan fingerprint density at radius 3 is 2.69 bits per heavy atom. The van der Waals surface area contributed by atoms with E-state index in [0.29, 0.717) is 18.4 Å².